The van der Waals surface area contributed by atoms with E-state index in [-0.39, 0.29) is 5.78 Å². The Morgan fingerprint density at radius 3 is 2.69 bits per heavy atom. The highest BCUT2D eigenvalue weighted by Gasteiger charge is 2.08. The average molecular weight is 350 g/mol. The summed E-state index contributed by atoms with van der Waals surface area (Å²) < 4.78 is 1.63. The largest absolute Gasteiger partial charge is 0.295 e. The zero-order chi connectivity index (χ0) is 10.0. The van der Waals surface area contributed by atoms with E-state index < -0.39 is 0 Å². The number of carbonyl (C=O) groups is 1. The molecule has 4 heteroatoms. The van der Waals surface area contributed by atoms with E-state index in [1.807, 2.05) is 6.07 Å². The maximum absolute atomic E-state index is 11.0. The van der Waals surface area contributed by atoms with Gasteiger partial charge in [-0.3, -0.25) is 4.79 Å². The maximum Gasteiger partial charge on any atom is 0.159 e. The Bertz CT molecular complexity index is 409. The smallest absolute Gasteiger partial charge is 0.159 e. The first-order valence-corrected chi connectivity index (χ1v) is 5.33. The summed E-state index contributed by atoms with van der Waals surface area (Å²) in [5.74, 6) is -0.0260. The van der Waals surface area contributed by atoms with Crippen LogP contribution in [0.2, 0.25) is 0 Å². The van der Waals surface area contributed by atoms with E-state index in [9.17, 15) is 4.79 Å². The Labute approximate surface area is 98.2 Å². The highest BCUT2D eigenvalue weighted by atomic mass is 127. The molecule has 0 spiro atoms. The van der Waals surface area contributed by atoms with Crippen LogP contribution in [0.5, 0.6) is 0 Å². The van der Waals surface area contributed by atoms with Crippen molar-refractivity contribution < 1.29 is 4.79 Å². The fourth-order valence-electron chi connectivity index (χ4n) is 0.874. The third-order valence-corrected chi connectivity index (χ3v) is 4.00. The number of hydrogen-bond acceptors (Lipinski definition) is 2. The van der Waals surface area contributed by atoms with Gasteiger partial charge in [0.15, 0.2) is 5.78 Å². The zero-order valence-corrected chi connectivity index (χ0v) is 10.5. The molecule has 66 valence electrons. The molecule has 1 aromatic rings. The monoisotopic (exact) mass is 349 g/mol. The Hall–Kier alpha value is -0.410. The van der Waals surface area contributed by atoms with E-state index in [0.29, 0.717) is 11.1 Å². The first kappa shape index (κ1) is 10.7. The van der Waals surface area contributed by atoms with E-state index >= 15 is 0 Å². The molecule has 0 aliphatic heterocycles. The van der Waals surface area contributed by atoms with Crippen molar-refractivity contribution in [2.45, 2.75) is 6.92 Å². The van der Waals surface area contributed by atoms with Crippen LogP contribution in [-0.4, -0.2) is 5.78 Å². The Morgan fingerprint density at radius 1 is 1.62 bits per heavy atom. The van der Waals surface area contributed by atoms with Crippen LogP contribution >= 0.6 is 38.5 Å². The van der Waals surface area contributed by atoms with Gasteiger partial charge in [0.1, 0.15) is 6.07 Å². The zero-order valence-electron chi connectivity index (χ0n) is 6.77. The molecule has 0 atom stereocenters. The molecule has 0 fully saturated rings. The van der Waals surface area contributed by atoms with Gasteiger partial charge in [-0.25, -0.2) is 0 Å². The Morgan fingerprint density at radius 2 is 2.23 bits per heavy atom. The molecular formula is C9H5BrINO. The predicted octanol–water partition coefficient (Wildman–Crippen LogP) is 3.13. The average Bonchev–Trinajstić information content (AvgIpc) is 2.09. The molecule has 0 aliphatic carbocycles. The number of carbonyl (C=O) groups excluding carboxylic acids is 1. The third kappa shape index (κ3) is 2.29. The summed E-state index contributed by atoms with van der Waals surface area (Å²) in [5, 5.41) is 8.75. The second kappa shape index (κ2) is 4.20. The van der Waals surface area contributed by atoms with Gasteiger partial charge in [0.25, 0.3) is 0 Å². The number of rotatable bonds is 1. The van der Waals surface area contributed by atoms with Crippen LogP contribution in [0.1, 0.15) is 22.8 Å². The van der Waals surface area contributed by atoms with Crippen LogP contribution < -0.4 is 0 Å². The maximum atomic E-state index is 11.0. The second-order valence-electron chi connectivity index (χ2n) is 2.49. The normalized spacial score (nSPS) is 9.38. The molecule has 1 rings (SSSR count). The van der Waals surface area contributed by atoms with Gasteiger partial charge in [-0.15, -0.1) is 0 Å². The number of halogens is 2. The van der Waals surface area contributed by atoms with Crippen LogP contribution in [-0.2, 0) is 0 Å². The molecule has 1 aromatic carbocycles. The highest BCUT2D eigenvalue weighted by molar-refractivity contribution is 14.1. The molecule has 0 N–H and O–H groups in total. The van der Waals surface area contributed by atoms with Crippen molar-refractivity contribution in [2.75, 3.05) is 0 Å². The topological polar surface area (TPSA) is 40.9 Å². The second-order valence-corrected chi connectivity index (χ2v) is 4.44. The van der Waals surface area contributed by atoms with Gasteiger partial charge in [0.2, 0.25) is 0 Å². The summed E-state index contributed by atoms with van der Waals surface area (Å²) in [7, 11) is 0. The van der Waals surface area contributed by atoms with Crippen molar-refractivity contribution >= 4 is 44.3 Å². The lowest BCUT2D eigenvalue weighted by molar-refractivity contribution is 0.101. The molecule has 0 saturated heterocycles. The molecule has 0 aliphatic rings. The molecule has 13 heavy (non-hydrogen) atoms. The van der Waals surface area contributed by atoms with Crippen molar-refractivity contribution in [3.63, 3.8) is 0 Å². The molecule has 2 nitrogen and oxygen atoms in total. The van der Waals surface area contributed by atoms with Gasteiger partial charge in [-0.05, 0) is 57.6 Å². The lowest BCUT2D eigenvalue weighted by Crippen LogP contribution is -1.95. The summed E-state index contributed by atoms with van der Waals surface area (Å²) in [4.78, 5) is 11.0. The summed E-state index contributed by atoms with van der Waals surface area (Å²) in [6.07, 6.45) is 0. The minimum Gasteiger partial charge on any atom is -0.295 e. The lowest BCUT2D eigenvalue weighted by atomic mass is 10.1. The fraction of sp³-hybridized carbons (Fsp3) is 0.111. The predicted molar refractivity (Wildman–Crippen MR) is 61.6 cm³/mol. The van der Waals surface area contributed by atoms with Gasteiger partial charge in [-0.1, -0.05) is 0 Å². The Balaban J connectivity index is 3.41. The number of Topliss-reactive ketones (excluding diaryl/α,β-unsaturated/α-hetero) is 1. The van der Waals surface area contributed by atoms with Gasteiger partial charge in [0.05, 0.1) is 5.56 Å². The van der Waals surface area contributed by atoms with Crippen molar-refractivity contribution in [3.05, 3.63) is 31.3 Å². The number of ketones is 1. The molecule has 0 saturated carbocycles. The molecule has 0 bridgehead atoms. The van der Waals surface area contributed by atoms with E-state index in [1.54, 1.807) is 12.1 Å². The molecular weight excluding hydrogens is 345 g/mol. The van der Waals surface area contributed by atoms with Crippen LogP contribution in [0.4, 0.5) is 0 Å². The standard InChI is InChI=1S/C9H5BrINO/c1-5(13)6-2-7(4-12)9(10)8(11)3-6/h2-3H,1H3. The van der Waals surface area contributed by atoms with Crippen LogP contribution in [0.15, 0.2) is 16.6 Å². The number of nitrogens with zero attached hydrogens (tertiary/aromatic N) is 1. The van der Waals surface area contributed by atoms with E-state index in [4.69, 9.17) is 5.26 Å². The van der Waals surface area contributed by atoms with E-state index in [2.05, 4.69) is 38.5 Å². The van der Waals surface area contributed by atoms with Gasteiger partial charge in [0, 0.05) is 13.6 Å². The van der Waals surface area contributed by atoms with Crippen LogP contribution in [0.3, 0.4) is 0 Å². The quantitative estimate of drug-likeness (QED) is 0.577. The summed E-state index contributed by atoms with van der Waals surface area (Å²) >= 11 is 5.36. The molecule has 0 radical (unpaired) electrons. The van der Waals surface area contributed by atoms with Gasteiger partial charge < -0.3 is 0 Å². The van der Waals surface area contributed by atoms with E-state index in [1.165, 1.54) is 6.92 Å². The van der Waals surface area contributed by atoms with Gasteiger partial charge >= 0.3 is 0 Å². The summed E-state index contributed by atoms with van der Waals surface area (Å²) in [5.41, 5.74) is 1.07. The highest BCUT2D eigenvalue weighted by Crippen LogP contribution is 2.24. The van der Waals surface area contributed by atoms with Crippen molar-refractivity contribution in [2.24, 2.45) is 0 Å². The van der Waals surface area contributed by atoms with Gasteiger partial charge in [-0.2, -0.15) is 5.26 Å². The summed E-state index contributed by atoms with van der Waals surface area (Å²) in [6.45, 7) is 1.49. The summed E-state index contributed by atoms with van der Waals surface area (Å²) in [6, 6.07) is 5.38. The first-order valence-electron chi connectivity index (χ1n) is 3.46. The SMILES string of the molecule is CC(=O)c1cc(I)c(Br)c(C#N)c1. The Kier molecular flexibility index (Phi) is 3.45. The fourth-order valence-corrected chi connectivity index (χ4v) is 1.82. The first-order chi connectivity index (χ1) is 6.06. The minimum atomic E-state index is -0.0260. The molecule has 0 unspecified atom stereocenters. The number of nitriles is 1. The van der Waals surface area contributed by atoms with Crippen LogP contribution in [0.25, 0.3) is 0 Å². The number of benzene rings is 1. The van der Waals surface area contributed by atoms with Crippen LogP contribution in [0, 0.1) is 14.9 Å². The van der Waals surface area contributed by atoms with Crippen molar-refractivity contribution in [1.29, 1.82) is 5.26 Å². The third-order valence-electron chi connectivity index (χ3n) is 1.56. The number of hydrogen-bond donors (Lipinski definition) is 0. The van der Waals surface area contributed by atoms with E-state index in [0.717, 1.165) is 8.04 Å². The molecule has 0 heterocycles. The minimum absolute atomic E-state index is 0.0260. The molecule has 0 aromatic heterocycles. The lowest BCUT2D eigenvalue weighted by Gasteiger charge is -2.01. The van der Waals surface area contributed by atoms with Crippen molar-refractivity contribution in [3.8, 4) is 6.07 Å². The molecule has 0 amide bonds. The van der Waals surface area contributed by atoms with Crippen molar-refractivity contribution in [1.82, 2.24) is 0 Å².